The van der Waals surface area contributed by atoms with Crippen LogP contribution in [-0.4, -0.2) is 5.12 Å². The molecule has 0 saturated carbocycles. The van der Waals surface area contributed by atoms with E-state index in [1.165, 1.54) is 11.8 Å². The van der Waals surface area contributed by atoms with Crippen molar-refractivity contribution in [3.8, 4) is 0 Å². The van der Waals surface area contributed by atoms with Crippen LogP contribution < -0.4 is 0 Å². The predicted molar refractivity (Wildman–Crippen MR) is 41.8 cm³/mol. The normalized spacial score (nSPS) is 9.30. The molecule has 0 atom stereocenters. The Kier molecular flexibility index (Phi) is 2.51. The molecule has 2 heteroatoms. The zero-order chi connectivity index (χ0) is 7.40. The van der Waals surface area contributed by atoms with Crippen molar-refractivity contribution in [3.63, 3.8) is 0 Å². The van der Waals surface area contributed by atoms with Gasteiger partial charge in [-0.1, -0.05) is 16.7 Å². The second kappa shape index (κ2) is 3.42. The largest absolute Gasteiger partial charge is 0.287 e. The van der Waals surface area contributed by atoms with Crippen molar-refractivity contribution in [1.82, 2.24) is 0 Å². The van der Waals surface area contributed by atoms with Crippen LogP contribution in [0.25, 0.3) is 0 Å². The molecule has 10 heavy (non-hydrogen) atoms. The third-order valence-electron chi connectivity index (χ3n) is 0.949. The second-order valence-electron chi connectivity index (χ2n) is 1.83. The lowest BCUT2D eigenvalue weighted by Crippen LogP contribution is -1.79. The van der Waals surface area contributed by atoms with Gasteiger partial charge >= 0.3 is 0 Å². The van der Waals surface area contributed by atoms with Crippen LogP contribution in [0.5, 0.6) is 0 Å². The van der Waals surface area contributed by atoms with Crippen LogP contribution in [0.1, 0.15) is 6.92 Å². The third-order valence-corrected chi connectivity index (χ3v) is 1.74. The van der Waals surface area contributed by atoms with E-state index in [4.69, 9.17) is 0 Å². The van der Waals surface area contributed by atoms with Crippen LogP contribution >= 0.6 is 11.8 Å². The van der Waals surface area contributed by atoms with Gasteiger partial charge in [0.15, 0.2) is 5.12 Å². The summed E-state index contributed by atoms with van der Waals surface area (Å²) in [6.45, 7) is 1.56. The maximum Gasteiger partial charge on any atom is 0.188 e. The van der Waals surface area contributed by atoms with Gasteiger partial charge in [-0.3, -0.25) is 4.79 Å². The average Bonchev–Trinajstić information content (AvgIpc) is 1.88. The minimum Gasteiger partial charge on any atom is -0.287 e. The lowest BCUT2D eigenvalue weighted by atomic mass is 10.4. The van der Waals surface area contributed by atoms with Gasteiger partial charge in [-0.25, -0.2) is 0 Å². The molecule has 1 aromatic rings. The van der Waals surface area contributed by atoms with E-state index < -0.39 is 0 Å². The first-order chi connectivity index (χ1) is 4.79. The summed E-state index contributed by atoms with van der Waals surface area (Å²) in [4.78, 5) is 11.5. The van der Waals surface area contributed by atoms with E-state index in [0.29, 0.717) is 0 Å². The van der Waals surface area contributed by atoms with Gasteiger partial charge in [0.05, 0.1) is 0 Å². The summed E-state index contributed by atoms with van der Waals surface area (Å²) in [6.07, 6.45) is 0. The number of hydrogen-bond acceptors (Lipinski definition) is 2. The molecular formula is C8H7OS-. The highest BCUT2D eigenvalue weighted by molar-refractivity contribution is 8.13. The maximum absolute atomic E-state index is 10.6. The fraction of sp³-hybridized carbons (Fsp3) is 0.125. The monoisotopic (exact) mass is 151 g/mol. The highest BCUT2D eigenvalue weighted by atomic mass is 32.2. The molecule has 0 N–H and O–H groups in total. The molecule has 0 unspecified atom stereocenters. The van der Waals surface area contributed by atoms with Crippen molar-refractivity contribution in [3.05, 3.63) is 30.3 Å². The molecule has 1 nitrogen and oxygen atoms in total. The lowest BCUT2D eigenvalue weighted by molar-refractivity contribution is -0.109. The number of hydrogen-bond donors (Lipinski definition) is 0. The predicted octanol–water partition coefficient (Wildman–Crippen LogP) is 2.13. The summed E-state index contributed by atoms with van der Waals surface area (Å²) in [5.41, 5.74) is 0. The molecule has 0 fully saturated rings. The van der Waals surface area contributed by atoms with E-state index >= 15 is 0 Å². The van der Waals surface area contributed by atoms with E-state index in [2.05, 4.69) is 6.07 Å². The van der Waals surface area contributed by atoms with Crippen molar-refractivity contribution in [1.29, 1.82) is 0 Å². The van der Waals surface area contributed by atoms with Gasteiger partial charge in [0.25, 0.3) is 0 Å². The van der Waals surface area contributed by atoms with E-state index in [-0.39, 0.29) is 5.12 Å². The molecule has 0 aliphatic rings. The summed E-state index contributed by atoms with van der Waals surface area (Å²) < 4.78 is 0. The van der Waals surface area contributed by atoms with E-state index in [1.54, 1.807) is 19.1 Å². The molecule has 0 aliphatic heterocycles. The number of rotatable bonds is 1. The van der Waals surface area contributed by atoms with Crippen molar-refractivity contribution in [2.75, 3.05) is 0 Å². The standard InChI is InChI=1S/C8H7OS/c1-7(9)10-8-5-3-2-4-6-8/h3-6H,1H3/q-1. The Labute approximate surface area is 64.4 Å². The minimum atomic E-state index is 0.117. The fourth-order valence-corrected chi connectivity index (χ4v) is 1.21. The van der Waals surface area contributed by atoms with Gasteiger partial charge in [0.2, 0.25) is 0 Å². The Balaban J connectivity index is 2.67. The van der Waals surface area contributed by atoms with E-state index in [0.717, 1.165) is 4.90 Å². The highest BCUT2D eigenvalue weighted by Gasteiger charge is 1.89. The molecule has 0 saturated heterocycles. The molecule has 0 radical (unpaired) electrons. The van der Waals surface area contributed by atoms with Crippen molar-refractivity contribution in [2.24, 2.45) is 0 Å². The van der Waals surface area contributed by atoms with Crippen LogP contribution in [0, 0.1) is 6.07 Å². The first-order valence-corrected chi connectivity index (χ1v) is 3.75. The minimum absolute atomic E-state index is 0.117. The van der Waals surface area contributed by atoms with Gasteiger partial charge in [-0.05, 0) is 0 Å². The summed E-state index contributed by atoms with van der Waals surface area (Å²) in [5.74, 6) is 0. The molecule has 0 aromatic heterocycles. The molecule has 0 bridgehead atoms. The van der Waals surface area contributed by atoms with E-state index in [1.807, 2.05) is 12.1 Å². The van der Waals surface area contributed by atoms with Crippen LogP contribution in [0.3, 0.4) is 0 Å². The summed E-state index contributed by atoms with van der Waals surface area (Å²) >= 11 is 1.24. The van der Waals surface area contributed by atoms with Crippen LogP contribution in [0.2, 0.25) is 0 Å². The maximum atomic E-state index is 10.6. The zero-order valence-electron chi connectivity index (χ0n) is 5.63. The van der Waals surface area contributed by atoms with Crippen molar-refractivity contribution < 1.29 is 4.79 Å². The van der Waals surface area contributed by atoms with Gasteiger partial charge in [0.1, 0.15) is 0 Å². The molecule has 0 aliphatic carbocycles. The Morgan fingerprint density at radius 1 is 1.50 bits per heavy atom. The molecular weight excluding hydrogens is 144 g/mol. The average molecular weight is 151 g/mol. The zero-order valence-corrected chi connectivity index (χ0v) is 6.44. The second-order valence-corrected chi connectivity index (χ2v) is 3.08. The molecule has 0 amide bonds. The fourth-order valence-electron chi connectivity index (χ4n) is 0.606. The number of thioether (sulfide) groups is 1. The molecule has 0 spiro atoms. The molecule has 1 aromatic carbocycles. The Bertz CT molecular complexity index is 218. The quantitative estimate of drug-likeness (QED) is 0.451. The molecule has 1 rings (SSSR count). The molecule has 0 heterocycles. The topological polar surface area (TPSA) is 17.1 Å². The van der Waals surface area contributed by atoms with Gasteiger partial charge in [-0.2, -0.15) is 30.3 Å². The summed E-state index contributed by atoms with van der Waals surface area (Å²) in [6, 6.07) is 10.2. The van der Waals surface area contributed by atoms with Crippen LogP contribution in [0.4, 0.5) is 0 Å². The smallest absolute Gasteiger partial charge is 0.188 e. The highest BCUT2D eigenvalue weighted by Crippen LogP contribution is 2.16. The first kappa shape index (κ1) is 7.35. The van der Waals surface area contributed by atoms with Gasteiger partial charge < -0.3 is 0 Å². The Morgan fingerprint density at radius 2 is 2.10 bits per heavy atom. The van der Waals surface area contributed by atoms with Crippen molar-refractivity contribution in [2.45, 2.75) is 11.8 Å². The Hall–Kier alpha value is -0.760. The van der Waals surface area contributed by atoms with Crippen LogP contribution in [0.15, 0.2) is 29.2 Å². The Morgan fingerprint density at radius 3 is 2.60 bits per heavy atom. The number of benzene rings is 1. The number of carbonyl (C=O) groups is 1. The van der Waals surface area contributed by atoms with Crippen molar-refractivity contribution >= 4 is 16.9 Å². The molecule has 52 valence electrons. The van der Waals surface area contributed by atoms with E-state index in [9.17, 15) is 4.79 Å². The summed E-state index contributed by atoms with van der Waals surface area (Å²) in [5, 5.41) is 0.117. The van der Waals surface area contributed by atoms with Crippen LogP contribution in [-0.2, 0) is 4.79 Å². The number of carbonyl (C=O) groups excluding carboxylic acids is 1. The lowest BCUT2D eigenvalue weighted by Gasteiger charge is -2.00. The van der Waals surface area contributed by atoms with Gasteiger partial charge in [-0.15, -0.1) is 0 Å². The SMILES string of the molecule is CC(=O)Sc1cc[c-]cc1. The van der Waals surface area contributed by atoms with Gasteiger partial charge in [0, 0.05) is 6.92 Å². The third kappa shape index (κ3) is 2.23. The summed E-state index contributed by atoms with van der Waals surface area (Å²) in [7, 11) is 0. The first-order valence-electron chi connectivity index (χ1n) is 2.93.